The number of benzene rings is 1. The molecule has 1 aromatic carbocycles. The molecule has 0 saturated carbocycles. The second kappa shape index (κ2) is 9.65. The summed E-state index contributed by atoms with van der Waals surface area (Å²) in [6, 6.07) is 9.20. The number of piperidine rings is 1. The number of pyridine rings is 1. The standard InChI is InChI=1S/C23H26F3N3O5S/c1-33-17-4-2-5-18(14-17)35(31,32)29-12-8-22(9-13-29)7-11-28(15-22)21(30)19-6-3-10-27-20(19)34-16-23(24,25)26/h2-6,10,14H,7-9,11-13,15-16H2,1H3. The number of carbonyl (C=O) groups is 1. The normalized spacial score (nSPS) is 18.6. The Hall–Kier alpha value is -2.86. The van der Waals surface area contributed by atoms with Crippen molar-refractivity contribution in [1.29, 1.82) is 0 Å². The molecule has 12 heteroatoms. The summed E-state index contributed by atoms with van der Waals surface area (Å²) in [5.74, 6) is -0.341. The van der Waals surface area contributed by atoms with Gasteiger partial charge in [0.1, 0.15) is 11.3 Å². The fourth-order valence-corrected chi connectivity index (χ4v) is 6.09. The SMILES string of the molecule is COc1cccc(S(=O)(=O)N2CCC3(CCN(C(=O)c4cccnc4OCC(F)(F)F)C3)CC2)c1. The van der Waals surface area contributed by atoms with Gasteiger partial charge in [-0.2, -0.15) is 17.5 Å². The van der Waals surface area contributed by atoms with Crippen LogP contribution >= 0.6 is 0 Å². The van der Waals surface area contributed by atoms with Crippen molar-refractivity contribution >= 4 is 15.9 Å². The number of alkyl halides is 3. The first-order valence-electron chi connectivity index (χ1n) is 11.1. The third kappa shape index (κ3) is 5.53. The molecule has 0 aliphatic carbocycles. The fourth-order valence-electron chi connectivity index (χ4n) is 4.62. The molecular weight excluding hydrogens is 487 g/mol. The minimum Gasteiger partial charge on any atom is -0.497 e. The van der Waals surface area contributed by atoms with Gasteiger partial charge in [0.25, 0.3) is 5.91 Å². The summed E-state index contributed by atoms with van der Waals surface area (Å²) in [6.07, 6.45) is -1.44. The smallest absolute Gasteiger partial charge is 0.422 e. The lowest BCUT2D eigenvalue weighted by atomic mass is 9.78. The van der Waals surface area contributed by atoms with Gasteiger partial charge in [-0.3, -0.25) is 4.79 Å². The van der Waals surface area contributed by atoms with E-state index >= 15 is 0 Å². The molecule has 0 atom stereocenters. The Bertz CT molecular complexity index is 1180. The first kappa shape index (κ1) is 25.2. The van der Waals surface area contributed by atoms with E-state index in [9.17, 15) is 26.4 Å². The molecule has 2 aliphatic heterocycles. The lowest BCUT2D eigenvalue weighted by molar-refractivity contribution is -0.154. The number of carbonyl (C=O) groups excluding carboxylic acids is 1. The van der Waals surface area contributed by atoms with E-state index in [0.29, 0.717) is 51.2 Å². The summed E-state index contributed by atoms with van der Waals surface area (Å²) in [4.78, 5) is 18.7. The van der Waals surface area contributed by atoms with Crippen LogP contribution in [0, 0.1) is 5.41 Å². The second-order valence-corrected chi connectivity index (χ2v) is 10.8. The predicted molar refractivity (Wildman–Crippen MR) is 120 cm³/mol. The van der Waals surface area contributed by atoms with Crippen molar-refractivity contribution in [2.45, 2.75) is 30.3 Å². The van der Waals surface area contributed by atoms with E-state index in [2.05, 4.69) is 4.98 Å². The van der Waals surface area contributed by atoms with E-state index in [1.54, 1.807) is 17.0 Å². The van der Waals surface area contributed by atoms with E-state index in [1.165, 1.54) is 41.9 Å². The van der Waals surface area contributed by atoms with Crippen molar-refractivity contribution in [1.82, 2.24) is 14.2 Å². The number of halogens is 3. The van der Waals surface area contributed by atoms with Crippen molar-refractivity contribution in [3.05, 3.63) is 48.2 Å². The maximum Gasteiger partial charge on any atom is 0.422 e. The first-order valence-corrected chi connectivity index (χ1v) is 12.6. The zero-order chi connectivity index (χ0) is 25.3. The monoisotopic (exact) mass is 513 g/mol. The zero-order valence-corrected chi connectivity index (χ0v) is 19.9. The average Bonchev–Trinajstić information content (AvgIpc) is 3.25. The summed E-state index contributed by atoms with van der Waals surface area (Å²) in [7, 11) is -2.21. The van der Waals surface area contributed by atoms with Gasteiger partial charge in [0.15, 0.2) is 6.61 Å². The van der Waals surface area contributed by atoms with Gasteiger partial charge < -0.3 is 14.4 Å². The predicted octanol–water partition coefficient (Wildman–Crippen LogP) is 3.35. The molecule has 2 fully saturated rings. The number of sulfonamides is 1. The van der Waals surface area contributed by atoms with Gasteiger partial charge in [0, 0.05) is 38.4 Å². The Balaban J connectivity index is 1.41. The second-order valence-electron chi connectivity index (χ2n) is 8.82. The molecule has 8 nitrogen and oxygen atoms in total. The molecule has 190 valence electrons. The number of ether oxygens (including phenoxy) is 2. The van der Waals surface area contributed by atoms with Crippen molar-refractivity contribution < 1.29 is 35.9 Å². The Labute approximate surface area is 201 Å². The van der Waals surface area contributed by atoms with Crippen molar-refractivity contribution in [3.8, 4) is 11.6 Å². The van der Waals surface area contributed by atoms with Crippen LogP contribution in [0.2, 0.25) is 0 Å². The molecule has 2 aromatic rings. The third-order valence-electron chi connectivity index (χ3n) is 6.56. The first-order chi connectivity index (χ1) is 16.5. The molecule has 2 aliphatic rings. The van der Waals surface area contributed by atoms with E-state index in [1.807, 2.05) is 0 Å². The summed E-state index contributed by atoms with van der Waals surface area (Å²) in [6.45, 7) is -0.0871. The van der Waals surface area contributed by atoms with E-state index in [0.717, 1.165) is 0 Å². The summed E-state index contributed by atoms with van der Waals surface area (Å²) in [5, 5.41) is 0. The highest BCUT2D eigenvalue weighted by Gasteiger charge is 2.44. The number of rotatable bonds is 6. The Morgan fingerprint density at radius 2 is 1.83 bits per heavy atom. The number of hydrogen-bond donors (Lipinski definition) is 0. The van der Waals surface area contributed by atoms with Crippen LogP contribution in [0.15, 0.2) is 47.5 Å². The Morgan fingerprint density at radius 3 is 2.51 bits per heavy atom. The van der Waals surface area contributed by atoms with Gasteiger partial charge in [-0.15, -0.1) is 0 Å². The number of aromatic nitrogens is 1. The topological polar surface area (TPSA) is 89.0 Å². The lowest BCUT2D eigenvalue weighted by Crippen LogP contribution is -2.44. The number of likely N-dealkylation sites (tertiary alicyclic amines) is 1. The van der Waals surface area contributed by atoms with Crippen LogP contribution in [0.25, 0.3) is 0 Å². The molecule has 2 saturated heterocycles. The van der Waals surface area contributed by atoms with Crippen LogP contribution in [-0.4, -0.2) is 74.6 Å². The highest BCUT2D eigenvalue weighted by Crippen LogP contribution is 2.42. The Kier molecular flexibility index (Phi) is 6.96. The molecule has 1 aromatic heterocycles. The minimum absolute atomic E-state index is 0.0214. The van der Waals surface area contributed by atoms with E-state index in [-0.39, 0.29) is 21.8 Å². The molecule has 3 heterocycles. The van der Waals surface area contributed by atoms with Crippen LogP contribution in [0.5, 0.6) is 11.6 Å². The molecule has 4 rings (SSSR count). The van der Waals surface area contributed by atoms with Crippen LogP contribution in [0.1, 0.15) is 29.6 Å². The maximum absolute atomic E-state index is 13.1. The highest BCUT2D eigenvalue weighted by molar-refractivity contribution is 7.89. The van der Waals surface area contributed by atoms with Gasteiger partial charge >= 0.3 is 6.18 Å². The van der Waals surface area contributed by atoms with Crippen LogP contribution in [0.3, 0.4) is 0 Å². The largest absolute Gasteiger partial charge is 0.497 e. The highest BCUT2D eigenvalue weighted by atomic mass is 32.2. The molecule has 1 amide bonds. The molecule has 35 heavy (non-hydrogen) atoms. The molecular formula is C23H26F3N3O5S. The van der Waals surface area contributed by atoms with Gasteiger partial charge in [-0.25, -0.2) is 13.4 Å². The maximum atomic E-state index is 13.1. The molecule has 0 radical (unpaired) electrons. The number of hydrogen-bond acceptors (Lipinski definition) is 6. The van der Waals surface area contributed by atoms with Crippen molar-refractivity contribution in [3.63, 3.8) is 0 Å². The summed E-state index contributed by atoms with van der Waals surface area (Å²) >= 11 is 0. The van der Waals surface area contributed by atoms with Gasteiger partial charge in [0.2, 0.25) is 15.9 Å². The summed E-state index contributed by atoms with van der Waals surface area (Å²) in [5.41, 5.74) is -0.266. The fraction of sp³-hybridized carbons (Fsp3) is 0.478. The van der Waals surface area contributed by atoms with Gasteiger partial charge in [-0.1, -0.05) is 6.07 Å². The van der Waals surface area contributed by atoms with Gasteiger partial charge in [0.05, 0.1) is 12.0 Å². The third-order valence-corrected chi connectivity index (χ3v) is 8.46. The van der Waals surface area contributed by atoms with Crippen LogP contribution in [0.4, 0.5) is 13.2 Å². The quantitative estimate of drug-likeness (QED) is 0.589. The minimum atomic E-state index is -4.55. The van der Waals surface area contributed by atoms with E-state index < -0.39 is 28.7 Å². The van der Waals surface area contributed by atoms with Gasteiger partial charge in [-0.05, 0) is 48.9 Å². The van der Waals surface area contributed by atoms with Crippen molar-refractivity contribution in [2.75, 3.05) is 39.9 Å². The summed E-state index contributed by atoms with van der Waals surface area (Å²) < 4.78 is 75.2. The number of amides is 1. The average molecular weight is 514 g/mol. The number of methoxy groups -OCH3 is 1. The van der Waals surface area contributed by atoms with Crippen molar-refractivity contribution in [2.24, 2.45) is 5.41 Å². The molecule has 0 N–H and O–H groups in total. The zero-order valence-electron chi connectivity index (χ0n) is 19.1. The molecule has 0 bridgehead atoms. The Morgan fingerprint density at radius 1 is 1.11 bits per heavy atom. The molecule has 1 spiro atoms. The lowest BCUT2D eigenvalue weighted by Gasteiger charge is -2.38. The van der Waals surface area contributed by atoms with Crippen LogP contribution < -0.4 is 9.47 Å². The van der Waals surface area contributed by atoms with Crippen LogP contribution in [-0.2, 0) is 10.0 Å². The number of nitrogens with zero attached hydrogens (tertiary/aromatic N) is 3. The van der Waals surface area contributed by atoms with E-state index in [4.69, 9.17) is 9.47 Å². The molecule has 0 unspecified atom stereocenters.